The van der Waals surface area contributed by atoms with Gasteiger partial charge < -0.3 is 5.73 Å². The van der Waals surface area contributed by atoms with Gasteiger partial charge in [0.2, 0.25) is 0 Å². The lowest BCUT2D eigenvalue weighted by molar-refractivity contribution is 0.577. The van der Waals surface area contributed by atoms with Crippen LogP contribution in [0.15, 0.2) is 15.9 Å². The van der Waals surface area contributed by atoms with E-state index in [1.54, 1.807) is 11.3 Å². The number of hydrogen-bond donors (Lipinski definition) is 1. The van der Waals surface area contributed by atoms with Gasteiger partial charge in [-0.15, -0.1) is 11.3 Å². The number of halogens is 1. The van der Waals surface area contributed by atoms with E-state index in [1.807, 2.05) is 0 Å². The highest BCUT2D eigenvalue weighted by atomic mass is 79.9. The van der Waals surface area contributed by atoms with E-state index in [2.05, 4.69) is 34.3 Å². The highest BCUT2D eigenvalue weighted by molar-refractivity contribution is 9.10. The predicted octanol–water partition coefficient (Wildman–Crippen LogP) is 3.57. The molecule has 1 heterocycles. The minimum absolute atomic E-state index is 0.338. The van der Waals surface area contributed by atoms with Crippen LogP contribution in [0, 0.1) is 0 Å². The van der Waals surface area contributed by atoms with E-state index < -0.39 is 0 Å². The van der Waals surface area contributed by atoms with Crippen LogP contribution in [0.2, 0.25) is 0 Å². The molecule has 1 rings (SSSR count). The molecular weight excluding hydrogens is 246 g/mol. The van der Waals surface area contributed by atoms with Crippen molar-refractivity contribution >= 4 is 27.3 Å². The molecule has 3 heteroatoms. The highest BCUT2D eigenvalue weighted by Gasteiger charge is 2.05. The van der Waals surface area contributed by atoms with Gasteiger partial charge in [0, 0.05) is 20.8 Å². The van der Waals surface area contributed by atoms with E-state index in [9.17, 15) is 0 Å². The first-order valence-electron chi connectivity index (χ1n) is 4.71. The SMILES string of the molecule is CCCCC(N)Cc1cc(Br)cs1. The zero-order valence-corrected chi connectivity index (χ0v) is 10.3. The summed E-state index contributed by atoms with van der Waals surface area (Å²) in [5, 5.41) is 2.11. The van der Waals surface area contributed by atoms with Gasteiger partial charge in [0.05, 0.1) is 0 Å². The Bertz CT molecular complexity index is 247. The fraction of sp³-hybridized carbons (Fsp3) is 0.600. The molecule has 1 unspecified atom stereocenters. The van der Waals surface area contributed by atoms with Gasteiger partial charge in [-0.1, -0.05) is 19.8 Å². The quantitative estimate of drug-likeness (QED) is 0.862. The van der Waals surface area contributed by atoms with Gasteiger partial charge in [-0.05, 0) is 34.8 Å². The van der Waals surface area contributed by atoms with E-state index in [0.717, 1.165) is 12.8 Å². The van der Waals surface area contributed by atoms with E-state index >= 15 is 0 Å². The average Bonchev–Trinajstić information content (AvgIpc) is 2.48. The van der Waals surface area contributed by atoms with E-state index in [1.165, 1.54) is 22.2 Å². The van der Waals surface area contributed by atoms with Crippen molar-refractivity contribution in [3.8, 4) is 0 Å². The monoisotopic (exact) mass is 261 g/mol. The minimum atomic E-state index is 0.338. The lowest BCUT2D eigenvalue weighted by atomic mass is 10.1. The summed E-state index contributed by atoms with van der Waals surface area (Å²) in [5.74, 6) is 0. The molecule has 1 aromatic rings. The molecule has 0 saturated carbocycles. The Kier molecular flexibility index (Phi) is 4.99. The van der Waals surface area contributed by atoms with Gasteiger partial charge in [-0.2, -0.15) is 0 Å². The molecule has 1 atom stereocenters. The summed E-state index contributed by atoms with van der Waals surface area (Å²) in [6, 6.07) is 2.50. The summed E-state index contributed by atoms with van der Waals surface area (Å²) in [4.78, 5) is 1.38. The van der Waals surface area contributed by atoms with Crippen molar-refractivity contribution in [2.75, 3.05) is 0 Å². The Balaban J connectivity index is 2.31. The third-order valence-corrected chi connectivity index (χ3v) is 3.73. The Morgan fingerprint density at radius 1 is 1.62 bits per heavy atom. The Hall–Kier alpha value is 0.140. The molecule has 0 bridgehead atoms. The van der Waals surface area contributed by atoms with E-state index in [0.29, 0.717) is 6.04 Å². The fourth-order valence-corrected chi connectivity index (χ4v) is 2.83. The second kappa shape index (κ2) is 5.78. The van der Waals surface area contributed by atoms with E-state index in [-0.39, 0.29) is 0 Å². The molecule has 1 nitrogen and oxygen atoms in total. The highest BCUT2D eigenvalue weighted by Crippen LogP contribution is 2.21. The molecule has 1 aromatic heterocycles. The summed E-state index contributed by atoms with van der Waals surface area (Å²) in [5.41, 5.74) is 5.99. The normalized spacial score (nSPS) is 13.2. The van der Waals surface area contributed by atoms with E-state index in [4.69, 9.17) is 5.73 Å². The van der Waals surface area contributed by atoms with Crippen molar-refractivity contribution in [3.63, 3.8) is 0 Å². The van der Waals surface area contributed by atoms with Crippen molar-refractivity contribution in [2.24, 2.45) is 5.73 Å². The topological polar surface area (TPSA) is 26.0 Å². The van der Waals surface area contributed by atoms with Gasteiger partial charge in [0.15, 0.2) is 0 Å². The van der Waals surface area contributed by atoms with Crippen LogP contribution in [0.4, 0.5) is 0 Å². The van der Waals surface area contributed by atoms with Crippen molar-refractivity contribution in [1.82, 2.24) is 0 Å². The summed E-state index contributed by atoms with van der Waals surface area (Å²) < 4.78 is 1.18. The lowest BCUT2D eigenvalue weighted by Crippen LogP contribution is -2.21. The standard InChI is InChI=1S/C10H16BrNS/c1-2-3-4-9(12)6-10-5-8(11)7-13-10/h5,7,9H,2-4,6,12H2,1H3. The first kappa shape index (κ1) is 11.2. The van der Waals surface area contributed by atoms with Crippen LogP contribution in [0.25, 0.3) is 0 Å². The van der Waals surface area contributed by atoms with Crippen LogP contribution in [0.1, 0.15) is 31.1 Å². The maximum absolute atomic E-state index is 5.99. The van der Waals surface area contributed by atoms with Crippen molar-refractivity contribution < 1.29 is 0 Å². The predicted molar refractivity (Wildman–Crippen MR) is 63.2 cm³/mol. The second-order valence-corrected chi connectivity index (χ2v) is 5.25. The zero-order valence-electron chi connectivity index (χ0n) is 7.92. The minimum Gasteiger partial charge on any atom is -0.327 e. The van der Waals surface area contributed by atoms with Gasteiger partial charge in [0.25, 0.3) is 0 Å². The molecule has 74 valence electrons. The zero-order chi connectivity index (χ0) is 9.68. The Labute approximate surface area is 92.5 Å². The molecule has 2 N–H and O–H groups in total. The third-order valence-electron chi connectivity index (χ3n) is 2.01. The smallest absolute Gasteiger partial charge is 0.0285 e. The fourth-order valence-electron chi connectivity index (χ4n) is 1.29. The Morgan fingerprint density at radius 2 is 2.38 bits per heavy atom. The third kappa shape index (κ3) is 4.25. The summed E-state index contributed by atoms with van der Waals surface area (Å²) >= 11 is 5.23. The summed E-state index contributed by atoms with van der Waals surface area (Å²) in [6.07, 6.45) is 4.65. The van der Waals surface area contributed by atoms with Crippen LogP contribution in [-0.4, -0.2) is 6.04 Å². The van der Waals surface area contributed by atoms with Crippen LogP contribution >= 0.6 is 27.3 Å². The maximum atomic E-state index is 5.99. The molecule has 0 saturated heterocycles. The van der Waals surface area contributed by atoms with Crippen molar-refractivity contribution in [3.05, 3.63) is 20.8 Å². The van der Waals surface area contributed by atoms with Crippen LogP contribution in [0.5, 0.6) is 0 Å². The van der Waals surface area contributed by atoms with Crippen LogP contribution in [-0.2, 0) is 6.42 Å². The largest absolute Gasteiger partial charge is 0.327 e. The molecule has 0 radical (unpaired) electrons. The number of thiophene rings is 1. The number of nitrogens with two attached hydrogens (primary N) is 1. The molecule has 0 aromatic carbocycles. The number of unbranched alkanes of at least 4 members (excludes halogenated alkanes) is 1. The molecule has 0 amide bonds. The summed E-state index contributed by atoms with van der Waals surface area (Å²) in [7, 11) is 0. The molecule has 0 aliphatic carbocycles. The molecule has 0 aliphatic heterocycles. The molecule has 0 fully saturated rings. The molecule has 13 heavy (non-hydrogen) atoms. The van der Waals surface area contributed by atoms with Crippen LogP contribution < -0.4 is 5.73 Å². The summed E-state index contributed by atoms with van der Waals surface area (Å²) in [6.45, 7) is 2.20. The average molecular weight is 262 g/mol. The van der Waals surface area contributed by atoms with Gasteiger partial charge in [-0.3, -0.25) is 0 Å². The van der Waals surface area contributed by atoms with Crippen molar-refractivity contribution in [1.29, 1.82) is 0 Å². The number of rotatable bonds is 5. The van der Waals surface area contributed by atoms with Crippen LogP contribution in [0.3, 0.4) is 0 Å². The first-order valence-corrected chi connectivity index (χ1v) is 6.38. The maximum Gasteiger partial charge on any atom is 0.0285 e. The lowest BCUT2D eigenvalue weighted by Gasteiger charge is -2.08. The number of hydrogen-bond acceptors (Lipinski definition) is 2. The first-order chi connectivity index (χ1) is 6.22. The second-order valence-electron chi connectivity index (χ2n) is 3.34. The van der Waals surface area contributed by atoms with Gasteiger partial charge in [-0.25, -0.2) is 0 Å². The Morgan fingerprint density at radius 3 is 2.92 bits per heavy atom. The molecule has 0 spiro atoms. The van der Waals surface area contributed by atoms with Gasteiger partial charge in [0.1, 0.15) is 0 Å². The molecular formula is C10H16BrNS. The van der Waals surface area contributed by atoms with Crippen molar-refractivity contribution in [2.45, 2.75) is 38.6 Å². The van der Waals surface area contributed by atoms with Gasteiger partial charge >= 0.3 is 0 Å². The molecule has 0 aliphatic rings.